The quantitative estimate of drug-likeness (QED) is 0.612. The Morgan fingerprint density at radius 2 is 2.40 bits per heavy atom. The Labute approximate surface area is 66.0 Å². The fourth-order valence-corrected chi connectivity index (χ4v) is 1.87. The van der Waals surface area contributed by atoms with Crippen molar-refractivity contribution in [2.24, 2.45) is 5.92 Å². The summed E-state index contributed by atoms with van der Waals surface area (Å²) in [5.74, 6) is 1.58. The SMILES string of the molecule is CC(C)CN1CCSC1=O. The largest absolute Gasteiger partial charge is 0.333 e. The molecule has 0 saturated carbocycles. The van der Waals surface area contributed by atoms with Crippen LogP contribution < -0.4 is 0 Å². The number of amides is 1. The molecule has 0 radical (unpaired) electrons. The zero-order chi connectivity index (χ0) is 7.56. The molecule has 0 spiro atoms. The minimum atomic E-state index is 0.258. The van der Waals surface area contributed by atoms with E-state index in [9.17, 15) is 4.79 Å². The van der Waals surface area contributed by atoms with Crippen molar-refractivity contribution < 1.29 is 4.79 Å². The Hall–Kier alpha value is -0.180. The molecule has 1 saturated heterocycles. The number of carbonyl (C=O) groups is 1. The van der Waals surface area contributed by atoms with Crippen LogP contribution in [0, 0.1) is 5.92 Å². The summed E-state index contributed by atoms with van der Waals surface area (Å²) < 4.78 is 0. The van der Waals surface area contributed by atoms with E-state index in [2.05, 4.69) is 13.8 Å². The summed E-state index contributed by atoms with van der Waals surface area (Å²) in [5, 5.41) is 0.258. The second-order valence-electron chi connectivity index (χ2n) is 2.95. The molecule has 1 fully saturated rings. The zero-order valence-corrected chi connectivity index (χ0v) is 7.28. The maximum absolute atomic E-state index is 11.0. The van der Waals surface area contributed by atoms with Crippen molar-refractivity contribution in [3.8, 4) is 0 Å². The number of nitrogens with zero attached hydrogens (tertiary/aromatic N) is 1. The van der Waals surface area contributed by atoms with Crippen molar-refractivity contribution in [3.63, 3.8) is 0 Å². The van der Waals surface area contributed by atoms with Gasteiger partial charge in [-0.05, 0) is 5.92 Å². The molecule has 0 aromatic carbocycles. The highest BCUT2D eigenvalue weighted by atomic mass is 32.2. The topological polar surface area (TPSA) is 20.3 Å². The van der Waals surface area contributed by atoms with Crippen LogP contribution in [0.25, 0.3) is 0 Å². The summed E-state index contributed by atoms with van der Waals surface area (Å²) in [6.45, 7) is 6.14. The van der Waals surface area contributed by atoms with Crippen LogP contribution in [0.15, 0.2) is 0 Å². The molecule has 0 aromatic heterocycles. The Morgan fingerprint density at radius 1 is 1.70 bits per heavy atom. The van der Waals surface area contributed by atoms with Gasteiger partial charge in [0.05, 0.1) is 0 Å². The molecule has 1 rings (SSSR count). The molecule has 1 amide bonds. The first-order valence-electron chi connectivity index (χ1n) is 3.62. The lowest BCUT2D eigenvalue weighted by molar-refractivity contribution is 0.223. The van der Waals surface area contributed by atoms with Crippen LogP contribution in [0.3, 0.4) is 0 Å². The van der Waals surface area contributed by atoms with Crippen molar-refractivity contribution in [1.29, 1.82) is 0 Å². The number of hydrogen-bond donors (Lipinski definition) is 0. The van der Waals surface area contributed by atoms with Gasteiger partial charge in [0.1, 0.15) is 0 Å². The van der Waals surface area contributed by atoms with Gasteiger partial charge in [0, 0.05) is 18.8 Å². The van der Waals surface area contributed by atoms with E-state index in [0.717, 1.165) is 18.8 Å². The molecular weight excluding hydrogens is 146 g/mol. The summed E-state index contributed by atoms with van der Waals surface area (Å²) in [5.41, 5.74) is 0. The van der Waals surface area contributed by atoms with E-state index in [1.807, 2.05) is 4.90 Å². The smallest absolute Gasteiger partial charge is 0.281 e. The molecule has 0 N–H and O–H groups in total. The molecule has 0 unspecified atom stereocenters. The van der Waals surface area contributed by atoms with E-state index >= 15 is 0 Å². The minimum absolute atomic E-state index is 0.258. The van der Waals surface area contributed by atoms with Crippen LogP contribution in [0.4, 0.5) is 4.79 Å². The monoisotopic (exact) mass is 159 g/mol. The van der Waals surface area contributed by atoms with Gasteiger partial charge in [0.2, 0.25) is 0 Å². The van der Waals surface area contributed by atoms with Crippen LogP contribution in [0.5, 0.6) is 0 Å². The van der Waals surface area contributed by atoms with Crippen LogP contribution in [-0.4, -0.2) is 29.0 Å². The van der Waals surface area contributed by atoms with Gasteiger partial charge in [-0.15, -0.1) is 0 Å². The molecule has 0 aliphatic carbocycles. The van der Waals surface area contributed by atoms with Crippen molar-refractivity contribution in [1.82, 2.24) is 4.90 Å². The van der Waals surface area contributed by atoms with Gasteiger partial charge >= 0.3 is 0 Å². The van der Waals surface area contributed by atoms with Crippen LogP contribution in [0.1, 0.15) is 13.8 Å². The Kier molecular flexibility index (Phi) is 2.60. The minimum Gasteiger partial charge on any atom is -0.333 e. The summed E-state index contributed by atoms with van der Waals surface area (Å²) >= 11 is 1.43. The van der Waals surface area contributed by atoms with E-state index < -0.39 is 0 Å². The fourth-order valence-electron chi connectivity index (χ4n) is 1.03. The molecule has 1 heterocycles. The van der Waals surface area contributed by atoms with Crippen LogP contribution >= 0.6 is 11.8 Å². The highest BCUT2D eigenvalue weighted by Crippen LogP contribution is 2.17. The Bertz CT molecular complexity index is 136. The molecule has 10 heavy (non-hydrogen) atoms. The first-order chi connectivity index (χ1) is 4.70. The number of carbonyl (C=O) groups excluding carboxylic acids is 1. The van der Waals surface area contributed by atoms with Gasteiger partial charge in [0.15, 0.2) is 0 Å². The Balaban J connectivity index is 2.33. The summed E-state index contributed by atoms with van der Waals surface area (Å²) in [4.78, 5) is 12.9. The van der Waals surface area contributed by atoms with Gasteiger partial charge in [0.25, 0.3) is 5.24 Å². The third kappa shape index (κ3) is 1.90. The van der Waals surface area contributed by atoms with E-state index in [4.69, 9.17) is 0 Å². The maximum atomic E-state index is 11.0. The second-order valence-corrected chi connectivity index (χ2v) is 4.00. The fraction of sp³-hybridized carbons (Fsp3) is 0.857. The molecule has 1 aliphatic heterocycles. The first kappa shape index (κ1) is 7.92. The highest BCUT2D eigenvalue weighted by Gasteiger charge is 2.20. The van der Waals surface area contributed by atoms with Crippen LogP contribution in [-0.2, 0) is 0 Å². The predicted octanol–water partition coefficient (Wildman–Crippen LogP) is 1.81. The van der Waals surface area contributed by atoms with Gasteiger partial charge < -0.3 is 4.90 Å². The lowest BCUT2D eigenvalue weighted by atomic mass is 10.2. The van der Waals surface area contributed by atoms with E-state index in [0.29, 0.717) is 5.92 Å². The summed E-state index contributed by atoms with van der Waals surface area (Å²) in [7, 11) is 0. The third-order valence-corrected chi connectivity index (χ3v) is 2.32. The van der Waals surface area contributed by atoms with Crippen LogP contribution in [0.2, 0.25) is 0 Å². The van der Waals surface area contributed by atoms with Gasteiger partial charge in [-0.1, -0.05) is 25.6 Å². The van der Waals surface area contributed by atoms with Gasteiger partial charge in [-0.3, -0.25) is 4.79 Å². The third-order valence-electron chi connectivity index (χ3n) is 1.43. The molecule has 2 nitrogen and oxygen atoms in total. The normalized spacial score (nSPS) is 19.1. The summed E-state index contributed by atoms with van der Waals surface area (Å²) in [6, 6.07) is 0. The molecule has 0 bridgehead atoms. The van der Waals surface area contributed by atoms with Gasteiger partial charge in [-0.2, -0.15) is 0 Å². The second kappa shape index (κ2) is 3.28. The number of thioether (sulfide) groups is 1. The lowest BCUT2D eigenvalue weighted by Gasteiger charge is -2.16. The summed E-state index contributed by atoms with van der Waals surface area (Å²) in [6.07, 6.45) is 0. The van der Waals surface area contributed by atoms with Crippen molar-refractivity contribution in [3.05, 3.63) is 0 Å². The standard InChI is InChI=1S/C7H13NOS/c1-6(2)5-8-3-4-10-7(8)9/h6H,3-5H2,1-2H3. The van der Waals surface area contributed by atoms with E-state index in [1.54, 1.807) is 0 Å². The van der Waals surface area contributed by atoms with Crippen molar-refractivity contribution in [2.75, 3.05) is 18.8 Å². The molecule has 0 aromatic rings. The molecule has 58 valence electrons. The average Bonchev–Trinajstić information content (AvgIpc) is 2.15. The lowest BCUT2D eigenvalue weighted by Crippen LogP contribution is -2.27. The predicted molar refractivity (Wildman–Crippen MR) is 44.3 cm³/mol. The first-order valence-corrected chi connectivity index (χ1v) is 4.60. The van der Waals surface area contributed by atoms with Gasteiger partial charge in [-0.25, -0.2) is 0 Å². The van der Waals surface area contributed by atoms with Crippen molar-refractivity contribution >= 4 is 17.0 Å². The molecule has 1 aliphatic rings. The van der Waals surface area contributed by atoms with E-state index in [1.165, 1.54) is 11.8 Å². The number of hydrogen-bond acceptors (Lipinski definition) is 2. The number of rotatable bonds is 2. The average molecular weight is 159 g/mol. The van der Waals surface area contributed by atoms with Crippen molar-refractivity contribution in [2.45, 2.75) is 13.8 Å². The molecule has 3 heteroatoms. The Morgan fingerprint density at radius 3 is 2.80 bits per heavy atom. The molecule has 0 atom stereocenters. The highest BCUT2D eigenvalue weighted by molar-refractivity contribution is 8.13. The zero-order valence-electron chi connectivity index (χ0n) is 6.46. The molecular formula is C7H13NOS. The maximum Gasteiger partial charge on any atom is 0.281 e. The van der Waals surface area contributed by atoms with E-state index in [-0.39, 0.29) is 5.24 Å².